The molecule has 1 atom stereocenters. The molecule has 2 aromatic carbocycles. The van der Waals surface area contributed by atoms with E-state index in [-0.39, 0.29) is 23.5 Å². The average Bonchev–Trinajstić information content (AvgIpc) is 2.85. The molecule has 0 saturated heterocycles. The zero-order valence-corrected chi connectivity index (χ0v) is 13.1. The van der Waals surface area contributed by atoms with Gasteiger partial charge in [0.15, 0.2) is 0 Å². The van der Waals surface area contributed by atoms with Crippen LogP contribution in [0.5, 0.6) is 0 Å². The van der Waals surface area contributed by atoms with Gasteiger partial charge >= 0.3 is 0 Å². The van der Waals surface area contributed by atoms with Crippen LogP contribution >= 0.6 is 0 Å². The largest absolute Gasteiger partial charge is 0.271 e. The fraction of sp³-hybridized carbons (Fsp3) is 0.222. The molecule has 2 aromatic rings. The summed E-state index contributed by atoms with van der Waals surface area (Å²) in [5, 5.41) is 10.7. The maximum Gasteiger partial charge on any atom is 0.269 e. The number of nitrogens with zero attached hydrogens (tertiary/aromatic N) is 2. The van der Waals surface area contributed by atoms with Crippen molar-refractivity contribution in [3.8, 4) is 0 Å². The summed E-state index contributed by atoms with van der Waals surface area (Å²) in [6, 6.07) is 12.7. The Morgan fingerprint density at radius 3 is 2.00 bits per heavy atom. The molecule has 2 amide bonds. The van der Waals surface area contributed by atoms with Crippen molar-refractivity contribution >= 4 is 17.5 Å². The third kappa shape index (κ3) is 2.67. The van der Waals surface area contributed by atoms with Crippen LogP contribution in [0.25, 0.3) is 0 Å². The molecular formula is C18H16N2O4. The SMILES string of the molecule is CCC(Cc1ccc([N+](=O)[O-])cc1)N1C(=O)c2ccccc2C1=O. The first kappa shape index (κ1) is 15.9. The van der Waals surface area contributed by atoms with Crippen molar-refractivity contribution in [2.75, 3.05) is 0 Å². The smallest absolute Gasteiger partial charge is 0.269 e. The summed E-state index contributed by atoms with van der Waals surface area (Å²) >= 11 is 0. The van der Waals surface area contributed by atoms with Gasteiger partial charge in [0, 0.05) is 18.2 Å². The van der Waals surface area contributed by atoms with Gasteiger partial charge in [0.2, 0.25) is 0 Å². The third-order valence-corrected chi connectivity index (χ3v) is 4.28. The Balaban J connectivity index is 1.84. The second-order valence-electron chi connectivity index (χ2n) is 5.72. The first-order valence-electron chi connectivity index (χ1n) is 7.73. The van der Waals surface area contributed by atoms with Crippen LogP contribution in [0.2, 0.25) is 0 Å². The number of non-ortho nitro benzene ring substituents is 1. The van der Waals surface area contributed by atoms with Gasteiger partial charge in [-0.2, -0.15) is 0 Å². The van der Waals surface area contributed by atoms with E-state index in [0.717, 1.165) is 5.56 Å². The molecule has 0 aromatic heterocycles. The third-order valence-electron chi connectivity index (χ3n) is 4.28. The Labute approximate surface area is 138 Å². The molecule has 1 aliphatic heterocycles. The highest BCUT2D eigenvalue weighted by Crippen LogP contribution is 2.27. The Morgan fingerprint density at radius 1 is 1.00 bits per heavy atom. The molecule has 0 saturated carbocycles. The van der Waals surface area contributed by atoms with E-state index < -0.39 is 4.92 Å². The lowest BCUT2D eigenvalue weighted by molar-refractivity contribution is -0.384. The fourth-order valence-corrected chi connectivity index (χ4v) is 2.98. The number of nitro groups is 1. The predicted octanol–water partition coefficient (Wildman–Crippen LogP) is 3.21. The molecule has 1 heterocycles. The molecule has 24 heavy (non-hydrogen) atoms. The van der Waals surface area contributed by atoms with Crippen LogP contribution in [0.1, 0.15) is 39.6 Å². The van der Waals surface area contributed by atoms with Crippen molar-refractivity contribution in [3.63, 3.8) is 0 Å². The molecule has 0 spiro atoms. The maximum atomic E-state index is 12.6. The minimum Gasteiger partial charge on any atom is -0.271 e. The van der Waals surface area contributed by atoms with Gasteiger partial charge in [-0.3, -0.25) is 24.6 Å². The molecule has 1 aliphatic rings. The summed E-state index contributed by atoms with van der Waals surface area (Å²) in [5.41, 5.74) is 1.74. The molecule has 122 valence electrons. The highest BCUT2D eigenvalue weighted by molar-refractivity contribution is 6.21. The fourth-order valence-electron chi connectivity index (χ4n) is 2.98. The summed E-state index contributed by atoms with van der Waals surface area (Å²) < 4.78 is 0. The van der Waals surface area contributed by atoms with E-state index in [9.17, 15) is 19.7 Å². The molecule has 3 rings (SSSR count). The van der Waals surface area contributed by atoms with E-state index in [0.29, 0.717) is 24.0 Å². The van der Waals surface area contributed by atoms with E-state index in [4.69, 9.17) is 0 Å². The normalized spacial score (nSPS) is 14.6. The molecule has 1 unspecified atom stereocenters. The molecule has 0 fully saturated rings. The first-order chi connectivity index (χ1) is 11.5. The quantitative estimate of drug-likeness (QED) is 0.480. The number of benzene rings is 2. The number of imide groups is 1. The Bertz CT molecular complexity index is 779. The topological polar surface area (TPSA) is 80.5 Å². The summed E-state index contributed by atoms with van der Waals surface area (Å²) in [6.07, 6.45) is 1.09. The molecule has 0 N–H and O–H groups in total. The standard InChI is InChI=1S/C18H16N2O4/c1-2-13(11-12-7-9-14(10-8-12)20(23)24)19-17(21)15-5-3-4-6-16(15)18(19)22/h3-10,13H,2,11H2,1H3. The lowest BCUT2D eigenvalue weighted by atomic mass is 10.0. The van der Waals surface area contributed by atoms with E-state index in [1.165, 1.54) is 17.0 Å². The van der Waals surface area contributed by atoms with Gasteiger partial charge in [0.1, 0.15) is 0 Å². The van der Waals surface area contributed by atoms with Gasteiger partial charge in [-0.05, 0) is 30.5 Å². The van der Waals surface area contributed by atoms with Gasteiger partial charge in [0.25, 0.3) is 17.5 Å². The van der Waals surface area contributed by atoms with Crippen LogP contribution in [0.4, 0.5) is 5.69 Å². The first-order valence-corrected chi connectivity index (χ1v) is 7.73. The second-order valence-corrected chi connectivity index (χ2v) is 5.72. The summed E-state index contributed by atoms with van der Waals surface area (Å²) in [6.45, 7) is 1.92. The maximum absolute atomic E-state index is 12.6. The number of hydrogen-bond donors (Lipinski definition) is 0. The van der Waals surface area contributed by atoms with Crippen LogP contribution in [0.3, 0.4) is 0 Å². The van der Waals surface area contributed by atoms with E-state index in [1.54, 1.807) is 36.4 Å². The number of nitro benzene ring substituents is 1. The zero-order chi connectivity index (χ0) is 17.3. The number of fused-ring (bicyclic) bond motifs is 1. The lowest BCUT2D eigenvalue weighted by Crippen LogP contribution is -2.40. The minimum absolute atomic E-state index is 0.0209. The van der Waals surface area contributed by atoms with E-state index >= 15 is 0 Å². The van der Waals surface area contributed by atoms with Crippen LogP contribution in [-0.2, 0) is 6.42 Å². The molecule has 0 aliphatic carbocycles. The van der Waals surface area contributed by atoms with Crippen molar-refractivity contribution in [1.29, 1.82) is 0 Å². The summed E-state index contributed by atoms with van der Waals surface area (Å²) in [7, 11) is 0. The van der Waals surface area contributed by atoms with Crippen LogP contribution in [0, 0.1) is 10.1 Å². The lowest BCUT2D eigenvalue weighted by Gasteiger charge is -2.25. The van der Waals surface area contributed by atoms with Gasteiger partial charge in [0.05, 0.1) is 16.1 Å². The van der Waals surface area contributed by atoms with Crippen molar-refractivity contribution in [1.82, 2.24) is 4.90 Å². The Kier molecular flexibility index (Phi) is 4.12. The monoisotopic (exact) mass is 324 g/mol. The summed E-state index contributed by atoms with van der Waals surface area (Å²) in [5.74, 6) is -0.547. The molecule has 0 radical (unpaired) electrons. The Hall–Kier alpha value is -3.02. The van der Waals surface area contributed by atoms with Gasteiger partial charge in [-0.15, -0.1) is 0 Å². The van der Waals surface area contributed by atoms with Gasteiger partial charge < -0.3 is 0 Å². The van der Waals surface area contributed by atoms with Crippen molar-refractivity contribution in [3.05, 3.63) is 75.3 Å². The van der Waals surface area contributed by atoms with Gasteiger partial charge in [-0.25, -0.2) is 0 Å². The Morgan fingerprint density at radius 2 is 1.54 bits per heavy atom. The minimum atomic E-state index is -0.453. The highest BCUT2D eigenvalue weighted by atomic mass is 16.6. The number of carbonyl (C=O) groups excluding carboxylic acids is 2. The second kappa shape index (κ2) is 6.23. The van der Waals surface area contributed by atoms with Crippen LogP contribution < -0.4 is 0 Å². The van der Waals surface area contributed by atoms with Crippen molar-refractivity contribution < 1.29 is 14.5 Å². The molecule has 6 nitrogen and oxygen atoms in total. The average molecular weight is 324 g/mol. The molecular weight excluding hydrogens is 308 g/mol. The number of amides is 2. The predicted molar refractivity (Wildman–Crippen MR) is 87.8 cm³/mol. The van der Waals surface area contributed by atoms with E-state index in [2.05, 4.69) is 0 Å². The molecule has 0 bridgehead atoms. The van der Waals surface area contributed by atoms with Crippen molar-refractivity contribution in [2.24, 2.45) is 0 Å². The van der Waals surface area contributed by atoms with Crippen LogP contribution in [-0.4, -0.2) is 27.7 Å². The van der Waals surface area contributed by atoms with Crippen molar-refractivity contribution in [2.45, 2.75) is 25.8 Å². The van der Waals surface area contributed by atoms with Crippen LogP contribution in [0.15, 0.2) is 48.5 Å². The van der Waals surface area contributed by atoms with E-state index in [1.807, 2.05) is 6.92 Å². The number of carbonyl (C=O) groups is 2. The number of hydrogen-bond acceptors (Lipinski definition) is 4. The summed E-state index contributed by atoms with van der Waals surface area (Å²) in [4.78, 5) is 36.7. The molecule has 6 heteroatoms. The highest BCUT2D eigenvalue weighted by Gasteiger charge is 2.38. The number of rotatable bonds is 5. The zero-order valence-electron chi connectivity index (χ0n) is 13.1. The van der Waals surface area contributed by atoms with Gasteiger partial charge in [-0.1, -0.05) is 31.2 Å².